The Bertz CT molecular complexity index is 1410. The van der Waals surface area contributed by atoms with Gasteiger partial charge >= 0.3 is 0 Å². The highest BCUT2D eigenvalue weighted by Gasteiger charge is 2.15. The number of nitrogens with zero attached hydrogens (tertiary/aromatic N) is 1. The Hall–Kier alpha value is -3.40. The van der Waals surface area contributed by atoms with Crippen molar-refractivity contribution in [3.8, 4) is 11.8 Å². The van der Waals surface area contributed by atoms with Crippen LogP contribution in [0.1, 0.15) is 29.7 Å². The van der Waals surface area contributed by atoms with Crippen LogP contribution in [0.3, 0.4) is 0 Å². The van der Waals surface area contributed by atoms with Crippen molar-refractivity contribution in [1.82, 2.24) is 5.32 Å². The Morgan fingerprint density at radius 1 is 1.00 bits per heavy atom. The molecule has 35 heavy (non-hydrogen) atoms. The quantitative estimate of drug-likeness (QED) is 0.177. The van der Waals surface area contributed by atoms with Gasteiger partial charge in [-0.1, -0.05) is 72.8 Å². The van der Waals surface area contributed by atoms with E-state index in [1.807, 2.05) is 73.7 Å². The van der Waals surface area contributed by atoms with Crippen LogP contribution in [-0.2, 0) is 11.4 Å². The number of amides is 1. The minimum absolute atomic E-state index is 0.0241. The van der Waals surface area contributed by atoms with Crippen molar-refractivity contribution in [2.45, 2.75) is 19.6 Å². The molecule has 1 atom stereocenters. The van der Waals surface area contributed by atoms with Crippen LogP contribution in [0.4, 0.5) is 0 Å². The van der Waals surface area contributed by atoms with E-state index in [4.69, 9.17) is 4.74 Å². The molecule has 0 saturated carbocycles. The monoisotopic (exact) mass is 588 g/mol. The van der Waals surface area contributed by atoms with Crippen LogP contribution in [0, 0.1) is 11.3 Å². The number of nitriles is 1. The fraction of sp³-hybridized carbons (Fsp3) is 0.103. The van der Waals surface area contributed by atoms with Gasteiger partial charge in [0, 0.05) is 0 Å². The van der Waals surface area contributed by atoms with Crippen LogP contribution in [-0.4, -0.2) is 5.91 Å². The van der Waals surface area contributed by atoms with Gasteiger partial charge in [-0.2, -0.15) is 5.26 Å². The number of benzene rings is 4. The first-order valence-electron chi connectivity index (χ1n) is 11.0. The maximum atomic E-state index is 12.7. The summed E-state index contributed by atoms with van der Waals surface area (Å²) in [6, 6.07) is 29.4. The number of fused-ring (bicyclic) bond motifs is 1. The average molecular weight is 590 g/mol. The zero-order valence-corrected chi connectivity index (χ0v) is 22.1. The topological polar surface area (TPSA) is 62.1 Å². The van der Waals surface area contributed by atoms with Crippen LogP contribution >= 0.6 is 31.9 Å². The van der Waals surface area contributed by atoms with E-state index in [0.29, 0.717) is 26.9 Å². The van der Waals surface area contributed by atoms with Crippen molar-refractivity contribution in [1.29, 1.82) is 5.26 Å². The second-order valence-electron chi connectivity index (χ2n) is 8.02. The van der Waals surface area contributed by atoms with Gasteiger partial charge in [0.1, 0.15) is 24.0 Å². The van der Waals surface area contributed by atoms with Crippen LogP contribution in [0.5, 0.6) is 5.75 Å². The normalized spacial score (nSPS) is 12.1. The van der Waals surface area contributed by atoms with Gasteiger partial charge in [0.25, 0.3) is 5.91 Å². The van der Waals surface area contributed by atoms with Gasteiger partial charge < -0.3 is 10.1 Å². The van der Waals surface area contributed by atoms with E-state index >= 15 is 0 Å². The summed E-state index contributed by atoms with van der Waals surface area (Å²) in [5, 5.41) is 14.8. The number of hydrogen-bond acceptors (Lipinski definition) is 3. The predicted octanol–water partition coefficient (Wildman–Crippen LogP) is 7.73. The molecule has 0 fully saturated rings. The van der Waals surface area contributed by atoms with Crippen LogP contribution in [0.2, 0.25) is 0 Å². The summed E-state index contributed by atoms with van der Waals surface area (Å²) in [5.41, 5.74) is 2.77. The Kier molecular flexibility index (Phi) is 8.02. The lowest BCUT2D eigenvalue weighted by atomic mass is 10.1. The van der Waals surface area contributed by atoms with Gasteiger partial charge in [0.05, 0.1) is 15.0 Å². The van der Waals surface area contributed by atoms with E-state index in [9.17, 15) is 10.1 Å². The van der Waals surface area contributed by atoms with Crippen LogP contribution < -0.4 is 10.1 Å². The van der Waals surface area contributed by atoms with E-state index in [1.165, 1.54) is 0 Å². The van der Waals surface area contributed by atoms with E-state index in [1.54, 1.807) is 6.08 Å². The smallest absolute Gasteiger partial charge is 0.262 e. The molecular weight excluding hydrogens is 568 g/mol. The van der Waals surface area contributed by atoms with Crippen molar-refractivity contribution >= 4 is 54.6 Å². The molecular formula is C29H22Br2N2O2. The van der Waals surface area contributed by atoms with Gasteiger partial charge in [-0.25, -0.2) is 0 Å². The van der Waals surface area contributed by atoms with Gasteiger partial charge in [-0.3, -0.25) is 4.79 Å². The summed E-state index contributed by atoms with van der Waals surface area (Å²) in [4.78, 5) is 12.7. The molecule has 0 aliphatic rings. The summed E-state index contributed by atoms with van der Waals surface area (Å²) < 4.78 is 7.57. The first-order chi connectivity index (χ1) is 17.0. The van der Waals surface area contributed by atoms with Gasteiger partial charge in [-0.15, -0.1) is 0 Å². The van der Waals surface area contributed by atoms with E-state index in [2.05, 4.69) is 61.4 Å². The molecule has 4 rings (SSSR count). The Labute approximate surface area is 221 Å². The maximum Gasteiger partial charge on any atom is 0.262 e. The largest absolute Gasteiger partial charge is 0.487 e. The highest BCUT2D eigenvalue weighted by molar-refractivity contribution is 9.11. The van der Waals surface area contributed by atoms with Crippen LogP contribution in [0.25, 0.3) is 16.8 Å². The number of halogens is 2. The number of rotatable bonds is 7. The zero-order chi connectivity index (χ0) is 24.8. The van der Waals surface area contributed by atoms with Crippen molar-refractivity contribution in [2.24, 2.45) is 0 Å². The van der Waals surface area contributed by atoms with E-state index in [0.717, 1.165) is 21.9 Å². The summed E-state index contributed by atoms with van der Waals surface area (Å²) in [5.74, 6) is 0.225. The molecule has 0 unspecified atom stereocenters. The molecule has 0 spiro atoms. The SMILES string of the molecule is C[C@H](NC(=O)/C(C#N)=C\c1cc(Br)c(OCc2cccc3ccccc23)c(Br)c1)c1ccccc1. The lowest BCUT2D eigenvalue weighted by Gasteiger charge is -2.14. The maximum absolute atomic E-state index is 12.7. The van der Waals surface area contributed by atoms with E-state index < -0.39 is 5.91 Å². The minimum Gasteiger partial charge on any atom is -0.487 e. The Balaban J connectivity index is 1.51. The number of hydrogen-bond donors (Lipinski definition) is 1. The molecule has 174 valence electrons. The van der Waals surface area contributed by atoms with Crippen molar-refractivity contribution in [2.75, 3.05) is 0 Å². The molecule has 1 N–H and O–H groups in total. The molecule has 0 heterocycles. The molecule has 0 aromatic heterocycles. The molecule has 4 aromatic carbocycles. The summed E-state index contributed by atoms with van der Waals surface area (Å²) in [6.07, 6.45) is 1.57. The predicted molar refractivity (Wildman–Crippen MR) is 147 cm³/mol. The second kappa shape index (κ2) is 11.4. The molecule has 4 nitrogen and oxygen atoms in total. The Morgan fingerprint density at radius 3 is 2.37 bits per heavy atom. The first-order valence-corrected chi connectivity index (χ1v) is 12.6. The summed E-state index contributed by atoms with van der Waals surface area (Å²) in [7, 11) is 0. The van der Waals surface area contributed by atoms with Crippen molar-refractivity contribution in [3.63, 3.8) is 0 Å². The molecule has 0 bridgehead atoms. The molecule has 0 saturated heterocycles. The number of nitrogens with one attached hydrogen (secondary N) is 1. The minimum atomic E-state index is -0.424. The molecule has 1 amide bonds. The third-order valence-corrected chi connectivity index (χ3v) is 6.77. The van der Waals surface area contributed by atoms with Crippen molar-refractivity contribution < 1.29 is 9.53 Å². The standard InChI is InChI=1S/C29H22Br2N2O2/c1-19(21-8-3-2-4-9-21)33-29(34)24(17-32)14-20-15-26(30)28(27(31)16-20)35-18-23-12-7-11-22-10-5-6-13-25(22)23/h2-16,19H,18H2,1H3,(H,33,34)/b24-14-/t19-/m0/s1. The van der Waals surface area contributed by atoms with Gasteiger partial charge in [0.15, 0.2) is 0 Å². The van der Waals surface area contributed by atoms with Crippen molar-refractivity contribution in [3.05, 3.63) is 116 Å². The highest BCUT2D eigenvalue weighted by Crippen LogP contribution is 2.36. The third-order valence-electron chi connectivity index (χ3n) is 5.60. The molecule has 0 aliphatic heterocycles. The van der Waals surface area contributed by atoms with Gasteiger partial charge in [-0.05, 0) is 84.5 Å². The van der Waals surface area contributed by atoms with Crippen LogP contribution in [0.15, 0.2) is 99.4 Å². The fourth-order valence-electron chi connectivity index (χ4n) is 3.78. The average Bonchev–Trinajstić information content (AvgIpc) is 2.87. The van der Waals surface area contributed by atoms with Gasteiger partial charge in [0.2, 0.25) is 0 Å². The lowest BCUT2D eigenvalue weighted by Crippen LogP contribution is -2.27. The first kappa shape index (κ1) is 24.7. The molecule has 6 heteroatoms. The van der Waals surface area contributed by atoms with E-state index in [-0.39, 0.29) is 11.6 Å². The summed E-state index contributed by atoms with van der Waals surface area (Å²) in [6.45, 7) is 2.29. The Morgan fingerprint density at radius 2 is 1.66 bits per heavy atom. The highest BCUT2D eigenvalue weighted by atomic mass is 79.9. The zero-order valence-electron chi connectivity index (χ0n) is 19.0. The molecule has 0 radical (unpaired) electrons. The number of carbonyl (C=O) groups excluding carboxylic acids is 1. The fourth-order valence-corrected chi connectivity index (χ4v) is 5.23. The molecule has 0 aliphatic carbocycles. The number of ether oxygens (including phenoxy) is 1. The summed E-state index contributed by atoms with van der Waals surface area (Å²) >= 11 is 7.15. The lowest BCUT2D eigenvalue weighted by molar-refractivity contribution is -0.117. The number of carbonyl (C=O) groups is 1. The third kappa shape index (κ3) is 6.00. The second-order valence-corrected chi connectivity index (χ2v) is 9.72. The molecule has 4 aromatic rings.